The number of alkyl halides is 2. The second-order valence-corrected chi connectivity index (χ2v) is 7.13. The summed E-state index contributed by atoms with van der Waals surface area (Å²) in [5.41, 5.74) is 1.65. The van der Waals surface area contributed by atoms with Crippen molar-refractivity contribution in [1.82, 2.24) is 15.3 Å². The third kappa shape index (κ3) is 6.20. The molecule has 1 fully saturated rings. The van der Waals surface area contributed by atoms with E-state index in [0.717, 1.165) is 25.3 Å². The summed E-state index contributed by atoms with van der Waals surface area (Å²) in [4.78, 5) is 32.4. The molecule has 0 atom stereocenters. The van der Waals surface area contributed by atoms with Gasteiger partial charge in [-0.05, 0) is 37.5 Å². The molecule has 2 heterocycles. The number of carbonyl (C=O) groups excluding carboxylic acids is 2. The molecule has 0 aliphatic heterocycles. The number of anilines is 1. The predicted molar refractivity (Wildman–Crippen MR) is 102 cm³/mol. The Kier molecular flexibility index (Phi) is 6.05. The third-order valence-corrected chi connectivity index (χ3v) is 4.30. The first-order valence-corrected chi connectivity index (χ1v) is 9.23. The van der Waals surface area contributed by atoms with Crippen molar-refractivity contribution in [2.24, 2.45) is 5.92 Å². The molecule has 7 nitrogen and oxygen atoms in total. The topological polar surface area (TPSA) is 93.2 Å². The van der Waals surface area contributed by atoms with Crippen molar-refractivity contribution in [1.29, 1.82) is 0 Å². The van der Waals surface area contributed by atoms with Crippen molar-refractivity contribution < 1.29 is 23.1 Å². The van der Waals surface area contributed by atoms with E-state index in [-0.39, 0.29) is 30.2 Å². The lowest BCUT2D eigenvalue weighted by Crippen LogP contribution is -2.24. The van der Waals surface area contributed by atoms with Crippen LogP contribution in [-0.2, 0) is 11.3 Å². The fraction of sp³-hybridized carbons (Fsp3) is 0.400. The highest BCUT2D eigenvalue weighted by atomic mass is 19.3. The van der Waals surface area contributed by atoms with Gasteiger partial charge in [0.15, 0.2) is 6.61 Å². The van der Waals surface area contributed by atoms with Crippen molar-refractivity contribution in [3.05, 3.63) is 47.3 Å². The van der Waals surface area contributed by atoms with Crippen LogP contribution in [0.25, 0.3) is 0 Å². The molecule has 154 valence electrons. The lowest BCUT2D eigenvalue weighted by Gasteiger charge is -2.13. The van der Waals surface area contributed by atoms with E-state index in [1.54, 1.807) is 19.1 Å². The minimum atomic E-state index is -2.94. The molecule has 0 saturated heterocycles. The molecule has 1 aliphatic carbocycles. The van der Waals surface area contributed by atoms with Gasteiger partial charge in [0.25, 0.3) is 11.8 Å². The second-order valence-electron chi connectivity index (χ2n) is 7.13. The summed E-state index contributed by atoms with van der Waals surface area (Å²) >= 11 is 0. The van der Waals surface area contributed by atoms with Crippen LogP contribution in [0.3, 0.4) is 0 Å². The number of aromatic nitrogens is 2. The van der Waals surface area contributed by atoms with Crippen LogP contribution < -0.4 is 15.4 Å². The lowest BCUT2D eigenvalue weighted by atomic mass is 10.2. The van der Waals surface area contributed by atoms with Gasteiger partial charge in [-0.15, -0.1) is 0 Å². The number of rotatable bonds is 8. The van der Waals surface area contributed by atoms with E-state index in [1.165, 1.54) is 18.3 Å². The number of amides is 2. The molecule has 0 aromatic carbocycles. The maximum absolute atomic E-state index is 12.9. The van der Waals surface area contributed by atoms with E-state index < -0.39 is 12.5 Å². The minimum Gasteiger partial charge on any atom is -0.471 e. The molecular weight excluding hydrogens is 382 g/mol. The molecule has 2 aromatic heterocycles. The van der Waals surface area contributed by atoms with Gasteiger partial charge < -0.3 is 15.4 Å². The highest BCUT2D eigenvalue weighted by Gasteiger charge is 2.29. The number of nitrogens with one attached hydrogen (secondary N) is 2. The van der Waals surface area contributed by atoms with Gasteiger partial charge in [-0.2, -0.15) is 0 Å². The fourth-order valence-corrected chi connectivity index (χ4v) is 2.53. The molecule has 9 heteroatoms. The Labute approximate surface area is 166 Å². The molecule has 1 saturated carbocycles. The number of aryl methyl sites for hydroxylation is 1. The summed E-state index contributed by atoms with van der Waals surface area (Å²) in [6, 6.07) is 6.22. The zero-order chi connectivity index (χ0) is 21.0. The molecule has 29 heavy (non-hydrogen) atoms. The largest absolute Gasteiger partial charge is 0.471 e. The summed E-state index contributed by atoms with van der Waals surface area (Å²) in [6.45, 7) is 1.92. The first kappa shape index (κ1) is 20.6. The van der Waals surface area contributed by atoms with Crippen LogP contribution in [0.1, 0.15) is 41.4 Å². The predicted octanol–water partition coefficient (Wildman–Crippen LogP) is 3.10. The van der Waals surface area contributed by atoms with E-state index in [9.17, 15) is 18.4 Å². The molecule has 2 aromatic rings. The Bertz CT molecular complexity index is 911. The highest BCUT2D eigenvalue weighted by Crippen LogP contribution is 2.30. The van der Waals surface area contributed by atoms with Gasteiger partial charge in [0.1, 0.15) is 5.82 Å². The molecular formula is C20H22F2N4O3. The molecule has 0 radical (unpaired) electrons. The molecule has 2 amide bonds. The van der Waals surface area contributed by atoms with Gasteiger partial charge in [-0.25, -0.2) is 18.7 Å². The van der Waals surface area contributed by atoms with Crippen molar-refractivity contribution in [3.8, 4) is 5.88 Å². The second kappa shape index (κ2) is 8.50. The maximum atomic E-state index is 12.9. The zero-order valence-electron chi connectivity index (χ0n) is 16.2. The van der Waals surface area contributed by atoms with E-state index in [4.69, 9.17) is 4.74 Å². The number of carbonyl (C=O) groups is 2. The SMILES string of the molecule is Cc1nc(OCC(C)(F)F)ccc1CNC(=O)c1ccnc(NC(=O)C2CC2)c1. The van der Waals surface area contributed by atoms with Crippen molar-refractivity contribution >= 4 is 17.6 Å². The van der Waals surface area contributed by atoms with E-state index in [1.807, 2.05) is 0 Å². The standard InChI is InChI=1S/C20H22F2N4O3/c1-12-15(5-6-17(25-12)29-11-20(2,21)22)10-24-18(27)14-7-8-23-16(9-14)26-19(28)13-3-4-13/h5-9,13H,3-4,10-11H2,1-2H3,(H,24,27)(H,23,26,28). The van der Waals surface area contributed by atoms with Gasteiger partial charge in [0.05, 0.1) is 0 Å². The first-order valence-electron chi connectivity index (χ1n) is 9.23. The summed E-state index contributed by atoms with van der Waals surface area (Å²) in [7, 11) is 0. The van der Waals surface area contributed by atoms with Gasteiger partial charge >= 0.3 is 0 Å². The third-order valence-electron chi connectivity index (χ3n) is 4.30. The Morgan fingerprint density at radius 3 is 2.69 bits per heavy atom. The maximum Gasteiger partial charge on any atom is 0.278 e. The first-order chi connectivity index (χ1) is 13.7. The van der Waals surface area contributed by atoms with Crippen molar-refractivity contribution in [2.75, 3.05) is 11.9 Å². The highest BCUT2D eigenvalue weighted by molar-refractivity contribution is 5.97. The van der Waals surface area contributed by atoms with Crippen molar-refractivity contribution in [3.63, 3.8) is 0 Å². The van der Waals surface area contributed by atoms with Crippen molar-refractivity contribution in [2.45, 2.75) is 39.2 Å². The van der Waals surface area contributed by atoms with Gasteiger partial charge in [0.2, 0.25) is 11.8 Å². The van der Waals surface area contributed by atoms with Crippen LogP contribution in [0.2, 0.25) is 0 Å². The Balaban J connectivity index is 1.56. The van der Waals surface area contributed by atoms with Crippen LogP contribution in [0.15, 0.2) is 30.5 Å². The van der Waals surface area contributed by atoms with Crippen LogP contribution in [0, 0.1) is 12.8 Å². The van der Waals surface area contributed by atoms with Crippen LogP contribution in [-0.4, -0.2) is 34.3 Å². The average Bonchev–Trinajstić information content (AvgIpc) is 3.50. The van der Waals surface area contributed by atoms with Crippen LogP contribution in [0.4, 0.5) is 14.6 Å². The molecule has 0 bridgehead atoms. The number of halogens is 2. The summed E-state index contributed by atoms with van der Waals surface area (Å²) in [6.07, 6.45) is 3.22. The van der Waals surface area contributed by atoms with Gasteiger partial charge in [0, 0.05) is 42.9 Å². The van der Waals surface area contributed by atoms with E-state index in [0.29, 0.717) is 17.1 Å². The minimum absolute atomic E-state index is 0.0419. The monoisotopic (exact) mass is 404 g/mol. The zero-order valence-corrected chi connectivity index (χ0v) is 16.2. The smallest absolute Gasteiger partial charge is 0.278 e. The normalized spacial score (nSPS) is 13.7. The molecule has 0 spiro atoms. The number of nitrogens with zero attached hydrogens (tertiary/aromatic N) is 2. The molecule has 0 unspecified atom stereocenters. The fourth-order valence-electron chi connectivity index (χ4n) is 2.53. The Morgan fingerprint density at radius 1 is 1.28 bits per heavy atom. The summed E-state index contributed by atoms with van der Waals surface area (Å²) < 4.78 is 30.7. The number of hydrogen-bond donors (Lipinski definition) is 2. The number of hydrogen-bond acceptors (Lipinski definition) is 5. The molecule has 1 aliphatic rings. The average molecular weight is 404 g/mol. The number of ether oxygens (including phenoxy) is 1. The molecule has 2 N–H and O–H groups in total. The van der Waals surface area contributed by atoms with Gasteiger partial charge in [-0.3, -0.25) is 9.59 Å². The van der Waals surface area contributed by atoms with Crippen LogP contribution >= 0.6 is 0 Å². The summed E-state index contributed by atoms with van der Waals surface area (Å²) in [5, 5.41) is 5.47. The lowest BCUT2D eigenvalue weighted by molar-refractivity contribution is -0.117. The molecule has 3 rings (SSSR count). The van der Waals surface area contributed by atoms with Crippen LogP contribution in [0.5, 0.6) is 5.88 Å². The number of pyridine rings is 2. The Morgan fingerprint density at radius 2 is 2.03 bits per heavy atom. The van der Waals surface area contributed by atoms with E-state index >= 15 is 0 Å². The van der Waals surface area contributed by atoms with Gasteiger partial charge in [-0.1, -0.05) is 6.07 Å². The Hall–Kier alpha value is -3.10. The van der Waals surface area contributed by atoms with E-state index in [2.05, 4.69) is 20.6 Å². The quantitative estimate of drug-likeness (QED) is 0.705. The summed E-state index contributed by atoms with van der Waals surface area (Å²) in [5.74, 6) is -2.88.